The van der Waals surface area contributed by atoms with E-state index in [9.17, 15) is 4.79 Å². The Morgan fingerprint density at radius 2 is 2.15 bits per heavy atom. The number of rotatable bonds is 4. The molecule has 0 fully saturated rings. The van der Waals surface area contributed by atoms with Crippen LogP contribution in [0.25, 0.3) is 0 Å². The Hall–Kier alpha value is -1.59. The molecule has 1 aromatic carbocycles. The molecule has 0 saturated carbocycles. The summed E-state index contributed by atoms with van der Waals surface area (Å²) in [5.41, 5.74) is 6.56. The number of halogens is 1. The molecule has 0 aliphatic carbocycles. The molecule has 2 aromatic rings. The van der Waals surface area contributed by atoms with Gasteiger partial charge in [-0.3, -0.25) is 0 Å². The van der Waals surface area contributed by atoms with Crippen LogP contribution in [0.3, 0.4) is 0 Å². The molecule has 0 radical (unpaired) electrons. The fourth-order valence-electron chi connectivity index (χ4n) is 1.64. The Morgan fingerprint density at radius 3 is 2.85 bits per heavy atom. The molecule has 0 aliphatic rings. The van der Waals surface area contributed by atoms with E-state index in [0.29, 0.717) is 16.5 Å². The quantitative estimate of drug-likeness (QED) is 0.522. The van der Waals surface area contributed by atoms with Gasteiger partial charge in [-0.2, -0.15) is 0 Å². The number of esters is 1. The highest BCUT2D eigenvalue weighted by molar-refractivity contribution is 7.99. The monoisotopic (exact) mass is 311 g/mol. The van der Waals surface area contributed by atoms with Crippen LogP contribution >= 0.6 is 23.4 Å². The maximum Gasteiger partial charge on any atom is 0.373 e. The average Bonchev–Trinajstić information content (AvgIpc) is 2.91. The zero-order valence-corrected chi connectivity index (χ0v) is 12.6. The van der Waals surface area contributed by atoms with E-state index in [-0.39, 0.29) is 11.0 Å². The summed E-state index contributed by atoms with van der Waals surface area (Å²) in [5, 5.41) is 0.623. The van der Waals surface area contributed by atoms with Crippen LogP contribution in [0.5, 0.6) is 0 Å². The number of nitrogens with two attached hydrogens (primary N) is 1. The van der Waals surface area contributed by atoms with Gasteiger partial charge in [0.15, 0.2) is 0 Å². The van der Waals surface area contributed by atoms with Crippen LogP contribution in [-0.4, -0.2) is 13.1 Å². The van der Waals surface area contributed by atoms with E-state index >= 15 is 0 Å². The average molecular weight is 312 g/mol. The number of ether oxygens (including phenoxy) is 1. The standard InChI is InChI=1S/C14H14ClNO3S/c1-8(11-5-6-12(19-11)14(17)18-2)20-13-7-9(15)3-4-10(13)16/h3-8H,16H2,1-2H3. The maximum absolute atomic E-state index is 11.3. The first-order chi connectivity index (χ1) is 9.51. The summed E-state index contributed by atoms with van der Waals surface area (Å²) >= 11 is 7.47. The second-order valence-electron chi connectivity index (χ2n) is 4.14. The molecule has 4 nitrogen and oxygen atoms in total. The molecule has 1 atom stereocenters. The Bertz CT molecular complexity index is 627. The minimum Gasteiger partial charge on any atom is -0.463 e. The van der Waals surface area contributed by atoms with Crippen LogP contribution in [0, 0.1) is 0 Å². The number of thioether (sulfide) groups is 1. The van der Waals surface area contributed by atoms with Crippen molar-refractivity contribution in [2.45, 2.75) is 17.1 Å². The van der Waals surface area contributed by atoms with E-state index in [1.807, 2.05) is 13.0 Å². The lowest BCUT2D eigenvalue weighted by Crippen LogP contribution is -1.98. The Kier molecular flexibility index (Phi) is 4.62. The summed E-state index contributed by atoms with van der Waals surface area (Å²) in [7, 11) is 1.31. The molecule has 20 heavy (non-hydrogen) atoms. The molecule has 2 N–H and O–H groups in total. The number of nitrogen functional groups attached to an aromatic ring is 1. The highest BCUT2D eigenvalue weighted by atomic mass is 35.5. The molecule has 0 bridgehead atoms. The number of benzene rings is 1. The van der Waals surface area contributed by atoms with Gasteiger partial charge in [0.25, 0.3) is 0 Å². The van der Waals surface area contributed by atoms with Crippen LogP contribution in [0.15, 0.2) is 39.6 Å². The molecule has 0 aliphatic heterocycles. The van der Waals surface area contributed by atoms with Crippen LogP contribution in [-0.2, 0) is 4.74 Å². The highest BCUT2D eigenvalue weighted by Crippen LogP contribution is 2.39. The molecule has 1 aromatic heterocycles. The Labute approximate surface area is 126 Å². The van der Waals surface area contributed by atoms with Gasteiger partial charge in [-0.1, -0.05) is 11.6 Å². The number of hydrogen-bond donors (Lipinski definition) is 1. The lowest BCUT2D eigenvalue weighted by Gasteiger charge is -2.10. The third-order valence-corrected chi connectivity index (χ3v) is 4.12. The molecule has 0 spiro atoms. The minimum absolute atomic E-state index is 0.00540. The number of methoxy groups -OCH3 is 1. The SMILES string of the molecule is COC(=O)c1ccc(C(C)Sc2cc(Cl)ccc2N)o1. The predicted molar refractivity (Wildman–Crippen MR) is 80.2 cm³/mol. The Morgan fingerprint density at radius 1 is 1.40 bits per heavy atom. The normalized spacial score (nSPS) is 12.2. The lowest BCUT2D eigenvalue weighted by molar-refractivity contribution is 0.0563. The van der Waals surface area contributed by atoms with Crippen LogP contribution in [0.4, 0.5) is 5.69 Å². The molecule has 1 heterocycles. The summed E-state index contributed by atoms with van der Waals surface area (Å²) in [6.07, 6.45) is 0. The second kappa shape index (κ2) is 6.24. The molecule has 6 heteroatoms. The van der Waals surface area contributed by atoms with E-state index in [4.69, 9.17) is 21.8 Å². The third-order valence-electron chi connectivity index (χ3n) is 2.69. The summed E-state index contributed by atoms with van der Waals surface area (Å²) in [6, 6.07) is 8.67. The maximum atomic E-state index is 11.3. The smallest absolute Gasteiger partial charge is 0.373 e. The highest BCUT2D eigenvalue weighted by Gasteiger charge is 2.17. The lowest BCUT2D eigenvalue weighted by atomic mass is 10.3. The minimum atomic E-state index is -0.490. The van der Waals surface area contributed by atoms with Gasteiger partial charge in [0.05, 0.1) is 12.4 Å². The fourth-order valence-corrected chi connectivity index (χ4v) is 2.90. The van der Waals surface area contributed by atoms with Crippen molar-refractivity contribution in [3.8, 4) is 0 Å². The van der Waals surface area contributed by atoms with Gasteiger partial charge >= 0.3 is 5.97 Å². The van der Waals surface area contributed by atoms with Gasteiger partial charge in [0.2, 0.25) is 5.76 Å². The van der Waals surface area contributed by atoms with E-state index in [2.05, 4.69) is 4.74 Å². The van der Waals surface area contributed by atoms with Crippen molar-refractivity contribution in [1.29, 1.82) is 0 Å². The zero-order chi connectivity index (χ0) is 14.7. The van der Waals surface area contributed by atoms with Crippen LogP contribution in [0.1, 0.15) is 28.5 Å². The molecular formula is C14H14ClNO3S. The number of furan rings is 1. The molecule has 1 unspecified atom stereocenters. The van der Waals surface area contributed by atoms with Crippen molar-refractivity contribution >= 4 is 35.0 Å². The van der Waals surface area contributed by atoms with E-state index < -0.39 is 5.97 Å². The second-order valence-corrected chi connectivity index (χ2v) is 5.95. The third kappa shape index (κ3) is 3.29. The summed E-state index contributed by atoms with van der Waals surface area (Å²) in [5.74, 6) is 0.375. The molecular weight excluding hydrogens is 298 g/mol. The van der Waals surface area contributed by atoms with Gasteiger partial charge in [-0.05, 0) is 37.3 Å². The van der Waals surface area contributed by atoms with Crippen molar-refractivity contribution in [3.63, 3.8) is 0 Å². The molecule has 0 amide bonds. The zero-order valence-electron chi connectivity index (χ0n) is 11.1. The first-order valence-electron chi connectivity index (χ1n) is 5.91. The molecule has 0 saturated heterocycles. The summed E-state index contributed by atoms with van der Waals surface area (Å²) < 4.78 is 10.1. The fraction of sp³-hybridized carbons (Fsp3) is 0.214. The van der Waals surface area contributed by atoms with Crippen LogP contribution in [0.2, 0.25) is 5.02 Å². The number of carbonyl (C=O) groups excluding carboxylic acids is 1. The topological polar surface area (TPSA) is 65.5 Å². The van der Waals surface area contributed by atoms with Gasteiger partial charge in [0.1, 0.15) is 5.76 Å². The predicted octanol–water partition coefficient (Wildman–Crippen LogP) is 4.16. The summed E-state index contributed by atoms with van der Waals surface area (Å²) in [4.78, 5) is 12.2. The van der Waals surface area contributed by atoms with Crippen molar-refractivity contribution in [2.75, 3.05) is 12.8 Å². The van der Waals surface area contributed by atoms with Gasteiger partial charge in [-0.15, -0.1) is 11.8 Å². The van der Waals surface area contributed by atoms with Crippen molar-refractivity contribution in [1.82, 2.24) is 0 Å². The van der Waals surface area contributed by atoms with E-state index in [1.165, 1.54) is 18.9 Å². The van der Waals surface area contributed by atoms with Crippen molar-refractivity contribution in [2.24, 2.45) is 0 Å². The number of anilines is 1. The molecule has 106 valence electrons. The summed E-state index contributed by atoms with van der Waals surface area (Å²) in [6.45, 7) is 1.96. The number of hydrogen-bond acceptors (Lipinski definition) is 5. The van der Waals surface area contributed by atoms with Crippen molar-refractivity contribution < 1.29 is 13.9 Å². The first-order valence-corrected chi connectivity index (χ1v) is 7.16. The first kappa shape index (κ1) is 14.8. The van der Waals surface area contributed by atoms with Gasteiger partial charge in [0, 0.05) is 15.6 Å². The van der Waals surface area contributed by atoms with E-state index in [1.54, 1.807) is 24.3 Å². The van der Waals surface area contributed by atoms with Crippen molar-refractivity contribution in [3.05, 3.63) is 46.9 Å². The Balaban J connectivity index is 2.15. The van der Waals surface area contributed by atoms with Gasteiger partial charge in [-0.25, -0.2) is 4.79 Å². The number of carbonyl (C=O) groups is 1. The largest absolute Gasteiger partial charge is 0.463 e. The van der Waals surface area contributed by atoms with E-state index in [0.717, 1.165) is 4.90 Å². The van der Waals surface area contributed by atoms with Gasteiger partial charge < -0.3 is 14.9 Å². The molecule has 2 rings (SSSR count). The van der Waals surface area contributed by atoms with Crippen LogP contribution < -0.4 is 5.73 Å².